The number of rotatable bonds is 5. The number of benzene rings is 1. The summed E-state index contributed by atoms with van der Waals surface area (Å²) in [6.45, 7) is 3.14. The first-order chi connectivity index (χ1) is 11.2. The van der Waals surface area contributed by atoms with Gasteiger partial charge in [-0.15, -0.1) is 0 Å². The fourth-order valence-corrected chi connectivity index (χ4v) is 3.49. The Hall–Kier alpha value is -1.57. The average Bonchev–Trinajstić information content (AvgIpc) is 2.99. The summed E-state index contributed by atoms with van der Waals surface area (Å²) >= 11 is 6.71. The summed E-state index contributed by atoms with van der Waals surface area (Å²) in [4.78, 5) is 14.6. The zero-order chi connectivity index (χ0) is 16.1. The topological polar surface area (TPSA) is 50.2 Å². The average molecular weight is 348 g/mol. The van der Waals surface area contributed by atoms with Crippen LogP contribution in [0.5, 0.6) is 0 Å². The predicted molar refractivity (Wildman–Crippen MR) is 93.5 cm³/mol. The molecule has 1 amide bonds. The highest BCUT2D eigenvalue weighted by molar-refractivity contribution is 7.73. The molecule has 1 aromatic carbocycles. The quantitative estimate of drug-likeness (QED) is 0.844. The minimum atomic E-state index is 0.110. The van der Waals surface area contributed by atoms with Crippen LogP contribution in [0.15, 0.2) is 35.8 Å². The summed E-state index contributed by atoms with van der Waals surface area (Å²) in [7, 11) is 0. The molecule has 2 heterocycles. The molecule has 0 aliphatic carbocycles. The minimum Gasteiger partial charge on any atom is -0.352 e. The van der Waals surface area contributed by atoms with E-state index < -0.39 is 0 Å². The normalized spacial score (nSPS) is 16.3. The predicted octanol–water partition coefficient (Wildman–Crippen LogP) is 2.66. The van der Waals surface area contributed by atoms with Gasteiger partial charge in [-0.25, -0.2) is 4.68 Å². The van der Waals surface area contributed by atoms with Gasteiger partial charge in [0, 0.05) is 25.6 Å². The maximum Gasteiger partial charge on any atom is 0.223 e. The Kier molecular flexibility index (Phi) is 5.53. The smallest absolute Gasteiger partial charge is 0.223 e. The van der Waals surface area contributed by atoms with Crippen LogP contribution in [0, 0.1) is 9.87 Å². The molecule has 122 valence electrons. The van der Waals surface area contributed by atoms with Crippen LogP contribution in [0.3, 0.4) is 0 Å². The Morgan fingerprint density at radius 3 is 2.70 bits per heavy atom. The van der Waals surface area contributed by atoms with Crippen molar-refractivity contribution in [2.24, 2.45) is 5.92 Å². The van der Waals surface area contributed by atoms with E-state index in [1.54, 1.807) is 5.51 Å². The summed E-state index contributed by atoms with van der Waals surface area (Å²) in [5.74, 6) is 0.275. The summed E-state index contributed by atoms with van der Waals surface area (Å²) in [6, 6.07) is 10.0. The van der Waals surface area contributed by atoms with Crippen molar-refractivity contribution in [3.63, 3.8) is 0 Å². The van der Waals surface area contributed by atoms with Crippen molar-refractivity contribution in [2.45, 2.75) is 26.1 Å². The molecule has 1 aliphatic heterocycles. The van der Waals surface area contributed by atoms with E-state index in [1.165, 1.54) is 11.3 Å². The number of carbonyl (C=O) groups is 1. The lowest BCUT2D eigenvalue weighted by atomic mass is 9.96. The van der Waals surface area contributed by atoms with Crippen LogP contribution in [0.25, 0.3) is 0 Å². The highest BCUT2D eigenvalue weighted by Gasteiger charge is 2.25. The van der Waals surface area contributed by atoms with E-state index in [4.69, 9.17) is 12.2 Å². The number of carbonyl (C=O) groups excluding carboxylic acids is 1. The lowest BCUT2D eigenvalue weighted by molar-refractivity contribution is -0.126. The van der Waals surface area contributed by atoms with E-state index in [1.807, 2.05) is 35.0 Å². The largest absolute Gasteiger partial charge is 0.352 e. The van der Waals surface area contributed by atoms with Crippen molar-refractivity contribution in [3.8, 4) is 0 Å². The second-order valence-electron chi connectivity index (χ2n) is 5.74. The van der Waals surface area contributed by atoms with Crippen LogP contribution in [-0.4, -0.2) is 33.7 Å². The van der Waals surface area contributed by atoms with Gasteiger partial charge in [-0.2, -0.15) is 5.10 Å². The maximum absolute atomic E-state index is 12.3. The standard InChI is InChI=1S/C16H20N4OS2/c21-15(17-10-13-4-2-1-3-5-13)14-6-8-19(9-7-14)12-20-16(22)23-11-18-20/h1-5,11,14H,6-10,12H2,(H,17,21). The molecule has 3 rings (SSSR count). The molecule has 7 heteroatoms. The van der Waals surface area contributed by atoms with Crippen molar-refractivity contribution in [3.05, 3.63) is 45.4 Å². The van der Waals surface area contributed by atoms with Crippen LogP contribution in [0.1, 0.15) is 18.4 Å². The number of hydrogen-bond acceptors (Lipinski definition) is 5. The van der Waals surface area contributed by atoms with Gasteiger partial charge in [0.1, 0.15) is 5.51 Å². The van der Waals surface area contributed by atoms with Crippen molar-refractivity contribution in [2.75, 3.05) is 13.1 Å². The Balaban J connectivity index is 1.44. The number of nitrogens with one attached hydrogen (secondary N) is 1. The third-order valence-corrected chi connectivity index (χ3v) is 5.26. The molecule has 0 spiro atoms. The van der Waals surface area contributed by atoms with Crippen molar-refractivity contribution in [1.29, 1.82) is 0 Å². The van der Waals surface area contributed by atoms with Crippen LogP contribution >= 0.6 is 23.6 Å². The van der Waals surface area contributed by atoms with E-state index in [9.17, 15) is 4.79 Å². The van der Waals surface area contributed by atoms with E-state index >= 15 is 0 Å². The molecule has 23 heavy (non-hydrogen) atoms. The third-order valence-electron chi connectivity index (χ3n) is 4.15. The van der Waals surface area contributed by atoms with Crippen molar-refractivity contribution < 1.29 is 4.79 Å². The molecule has 1 aliphatic rings. The first-order valence-corrected chi connectivity index (χ1v) is 9.06. The minimum absolute atomic E-state index is 0.110. The zero-order valence-corrected chi connectivity index (χ0v) is 14.5. The molecule has 0 unspecified atom stereocenters. The monoisotopic (exact) mass is 348 g/mol. The van der Waals surface area contributed by atoms with E-state index in [2.05, 4.69) is 15.3 Å². The second-order valence-corrected chi connectivity index (χ2v) is 7.22. The molecule has 0 radical (unpaired) electrons. The first kappa shape index (κ1) is 16.3. The molecule has 1 N–H and O–H groups in total. The van der Waals surface area contributed by atoms with Crippen LogP contribution < -0.4 is 5.32 Å². The Labute approximate surface area is 144 Å². The second kappa shape index (κ2) is 7.81. The highest BCUT2D eigenvalue weighted by atomic mass is 32.1. The molecule has 1 saturated heterocycles. The Morgan fingerprint density at radius 1 is 1.30 bits per heavy atom. The molecule has 0 atom stereocenters. The SMILES string of the molecule is O=C(NCc1ccccc1)C1CCN(Cn2ncsc2=S)CC1. The summed E-state index contributed by atoms with van der Waals surface area (Å²) in [6.07, 6.45) is 1.77. The molecular weight excluding hydrogens is 328 g/mol. The lowest BCUT2D eigenvalue weighted by Gasteiger charge is -2.30. The first-order valence-electron chi connectivity index (χ1n) is 7.77. The number of piperidine rings is 1. The summed E-state index contributed by atoms with van der Waals surface area (Å²) in [5.41, 5.74) is 2.91. The number of hydrogen-bond donors (Lipinski definition) is 1. The van der Waals surface area contributed by atoms with Gasteiger partial charge in [0.2, 0.25) is 5.91 Å². The van der Waals surface area contributed by atoms with Gasteiger partial charge < -0.3 is 5.32 Å². The van der Waals surface area contributed by atoms with Gasteiger partial charge in [0.05, 0.1) is 6.67 Å². The molecule has 1 aromatic heterocycles. The van der Waals surface area contributed by atoms with Crippen LogP contribution in [0.4, 0.5) is 0 Å². The van der Waals surface area contributed by atoms with Crippen molar-refractivity contribution in [1.82, 2.24) is 20.0 Å². The molecule has 5 nitrogen and oxygen atoms in total. The molecule has 2 aromatic rings. The maximum atomic E-state index is 12.3. The summed E-state index contributed by atoms with van der Waals surface area (Å²) in [5, 5.41) is 7.29. The third kappa shape index (κ3) is 4.46. The van der Waals surface area contributed by atoms with Gasteiger partial charge in [0.15, 0.2) is 3.95 Å². The fraction of sp³-hybridized carbons (Fsp3) is 0.438. The highest BCUT2D eigenvalue weighted by Crippen LogP contribution is 2.18. The van der Waals surface area contributed by atoms with Crippen molar-refractivity contribution >= 4 is 29.5 Å². The molecule has 0 saturated carbocycles. The van der Waals surface area contributed by atoms with Gasteiger partial charge in [-0.3, -0.25) is 9.69 Å². The Bertz CT molecular complexity index is 689. The molecular formula is C16H20N4OS2. The van der Waals surface area contributed by atoms with Gasteiger partial charge in [-0.1, -0.05) is 41.7 Å². The van der Waals surface area contributed by atoms with E-state index in [0.717, 1.165) is 42.1 Å². The van der Waals surface area contributed by atoms with E-state index in [0.29, 0.717) is 6.54 Å². The van der Waals surface area contributed by atoms with Crippen LogP contribution in [-0.2, 0) is 18.0 Å². The molecule has 0 bridgehead atoms. The molecule has 1 fully saturated rings. The number of likely N-dealkylation sites (tertiary alicyclic amines) is 1. The fourth-order valence-electron chi connectivity index (χ4n) is 2.78. The van der Waals surface area contributed by atoms with Gasteiger partial charge in [0.25, 0.3) is 0 Å². The van der Waals surface area contributed by atoms with Crippen LogP contribution in [0.2, 0.25) is 0 Å². The number of aromatic nitrogens is 2. The lowest BCUT2D eigenvalue weighted by Crippen LogP contribution is -2.41. The zero-order valence-electron chi connectivity index (χ0n) is 12.9. The number of amides is 1. The van der Waals surface area contributed by atoms with Gasteiger partial charge >= 0.3 is 0 Å². The Morgan fingerprint density at radius 2 is 2.04 bits per heavy atom. The summed E-state index contributed by atoms with van der Waals surface area (Å²) < 4.78 is 2.64. The number of nitrogens with zero attached hydrogens (tertiary/aromatic N) is 3. The van der Waals surface area contributed by atoms with Gasteiger partial charge in [-0.05, 0) is 30.6 Å². The van der Waals surface area contributed by atoms with E-state index in [-0.39, 0.29) is 11.8 Å².